The molecule has 2 aliphatic heterocycles. The van der Waals surface area contributed by atoms with Gasteiger partial charge in [-0.05, 0) is 55.2 Å². The first-order valence-electron chi connectivity index (χ1n) is 12.3. The fraction of sp³-hybridized carbons (Fsp3) is 0.481. The van der Waals surface area contributed by atoms with Crippen LogP contribution in [0.25, 0.3) is 0 Å². The van der Waals surface area contributed by atoms with E-state index in [4.69, 9.17) is 27.9 Å². The summed E-state index contributed by atoms with van der Waals surface area (Å²) < 4.78 is 30.6. The van der Waals surface area contributed by atoms with Gasteiger partial charge in [0, 0.05) is 22.0 Å². The zero-order valence-corrected chi connectivity index (χ0v) is 23.1. The molecule has 0 spiro atoms. The lowest BCUT2D eigenvalue weighted by molar-refractivity contribution is -0.160. The van der Waals surface area contributed by atoms with Gasteiger partial charge in [-0.15, -0.1) is 0 Å². The molecule has 0 radical (unpaired) electrons. The lowest BCUT2D eigenvalue weighted by atomic mass is 9.67. The standard InChI is InChI=1S/C27H31Cl2NO6S/c1-17(10-11-37(34,35)22-15-36-16-22)30-25(18-6-8-20(28)9-7-18)23(19-4-3-5-21(29)12-19)13-27(2,26(30)33)14-24(31)32/h3-9,12,17,22-23,25H,10-11,13-16H2,1-2H3,(H,31,32)/t17-,23+,25+,27+/m0/s1. The fourth-order valence-electron chi connectivity index (χ4n) is 5.42. The van der Waals surface area contributed by atoms with Crippen LogP contribution in [0.15, 0.2) is 48.5 Å². The summed E-state index contributed by atoms with van der Waals surface area (Å²) in [5.74, 6) is -1.73. The molecule has 0 aliphatic carbocycles. The van der Waals surface area contributed by atoms with Gasteiger partial charge in [0.2, 0.25) is 5.91 Å². The molecule has 2 aromatic rings. The summed E-state index contributed by atoms with van der Waals surface area (Å²) in [6.45, 7) is 3.90. The van der Waals surface area contributed by atoms with Crippen LogP contribution < -0.4 is 0 Å². The molecule has 10 heteroatoms. The lowest BCUT2D eigenvalue weighted by Crippen LogP contribution is -2.56. The number of halogens is 2. The Bertz CT molecular complexity index is 1260. The number of amides is 1. The molecule has 2 aromatic carbocycles. The molecule has 1 N–H and O–H groups in total. The SMILES string of the molecule is C[C@@H](CCS(=O)(=O)C1COC1)N1C(=O)[C@@](C)(CC(=O)O)C[C@H](c2cccc(Cl)c2)[C@H]1c1ccc(Cl)cc1. The number of likely N-dealkylation sites (tertiary alicyclic amines) is 1. The van der Waals surface area contributed by atoms with Gasteiger partial charge in [0.05, 0.1) is 36.8 Å². The van der Waals surface area contributed by atoms with Crippen LogP contribution in [-0.4, -0.2) is 60.6 Å². The maximum Gasteiger partial charge on any atom is 0.304 e. The van der Waals surface area contributed by atoms with Gasteiger partial charge in [-0.25, -0.2) is 8.42 Å². The molecule has 4 rings (SSSR count). The van der Waals surface area contributed by atoms with Crippen molar-refractivity contribution in [2.24, 2.45) is 5.41 Å². The molecule has 0 bridgehead atoms. The van der Waals surface area contributed by atoms with Crippen LogP contribution in [-0.2, 0) is 24.2 Å². The second kappa shape index (κ2) is 10.9. The molecule has 0 unspecified atom stereocenters. The first kappa shape index (κ1) is 27.9. The molecule has 200 valence electrons. The van der Waals surface area contributed by atoms with E-state index in [0.29, 0.717) is 16.5 Å². The number of hydrogen-bond donors (Lipinski definition) is 1. The number of carboxylic acid groups (broad SMARTS) is 1. The molecule has 37 heavy (non-hydrogen) atoms. The first-order valence-corrected chi connectivity index (χ1v) is 14.7. The second-order valence-corrected chi connectivity index (χ2v) is 13.6. The molecule has 7 nitrogen and oxygen atoms in total. The molecule has 4 atom stereocenters. The van der Waals surface area contributed by atoms with Crippen LogP contribution >= 0.6 is 23.2 Å². The van der Waals surface area contributed by atoms with Crippen LogP contribution in [0, 0.1) is 5.41 Å². The third-order valence-electron chi connectivity index (χ3n) is 7.54. The number of carbonyl (C=O) groups excluding carboxylic acids is 1. The summed E-state index contributed by atoms with van der Waals surface area (Å²) in [6, 6.07) is 13.7. The van der Waals surface area contributed by atoms with E-state index in [-0.39, 0.29) is 43.6 Å². The maximum absolute atomic E-state index is 14.1. The molecule has 0 aromatic heterocycles. The molecule has 2 aliphatic rings. The number of rotatable bonds is 9. The topological polar surface area (TPSA) is 101 Å². The Morgan fingerprint density at radius 3 is 2.38 bits per heavy atom. The summed E-state index contributed by atoms with van der Waals surface area (Å²) in [6.07, 6.45) is 0.184. The highest BCUT2D eigenvalue weighted by atomic mass is 35.5. The molecular weight excluding hydrogens is 537 g/mol. The number of carbonyl (C=O) groups is 2. The predicted octanol–water partition coefficient (Wildman–Crippen LogP) is 5.12. The number of piperidine rings is 1. The minimum Gasteiger partial charge on any atom is -0.481 e. The van der Waals surface area contributed by atoms with Gasteiger partial charge in [0.25, 0.3) is 0 Å². The average molecular weight is 569 g/mol. The van der Waals surface area contributed by atoms with E-state index in [2.05, 4.69) is 0 Å². The largest absolute Gasteiger partial charge is 0.481 e. The van der Waals surface area contributed by atoms with E-state index in [0.717, 1.165) is 11.1 Å². The van der Waals surface area contributed by atoms with Crippen LogP contribution in [0.5, 0.6) is 0 Å². The Labute approximate surface area is 227 Å². The molecule has 0 saturated carbocycles. The number of nitrogens with zero attached hydrogens (tertiary/aromatic N) is 1. The van der Waals surface area contributed by atoms with Crippen molar-refractivity contribution in [2.75, 3.05) is 19.0 Å². The highest BCUT2D eigenvalue weighted by molar-refractivity contribution is 7.92. The summed E-state index contributed by atoms with van der Waals surface area (Å²) in [5, 5.41) is 10.3. The van der Waals surface area contributed by atoms with Crippen LogP contribution in [0.1, 0.15) is 56.2 Å². The monoisotopic (exact) mass is 567 g/mol. The van der Waals surface area contributed by atoms with E-state index >= 15 is 0 Å². The highest BCUT2D eigenvalue weighted by Crippen LogP contribution is 2.52. The van der Waals surface area contributed by atoms with E-state index in [1.54, 1.807) is 30.0 Å². The normalized spacial score (nSPS) is 25.5. The third-order valence-corrected chi connectivity index (χ3v) is 10.1. The Kier molecular flexibility index (Phi) is 8.24. The van der Waals surface area contributed by atoms with Gasteiger partial charge in [-0.3, -0.25) is 9.59 Å². The highest BCUT2D eigenvalue weighted by Gasteiger charge is 2.52. The molecule has 1 amide bonds. The van der Waals surface area contributed by atoms with Crippen molar-refractivity contribution in [1.29, 1.82) is 0 Å². The van der Waals surface area contributed by atoms with E-state index < -0.39 is 38.6 Å². The lowest BCUT2D eigenvalue weighted by Gasteiger charge is -2.51. The Hall–Kier alpha value is -2.13. The van der Waals surface area contributed by atoms with Crippen molar-refractivity contribution in [3.05, 3.63) is 69.7 Å². The number of benzene rings is 2. The third kappa shape index (κ3) is 5.98. The summed E-state index contributed by atoms with van der Waals surface area (Å²) in [5.41, 5.74) is 0.534. The number of aliphatic carboxylic acids is 1. The molecule has 2 fully saturated rings. The Morgan fingerprint density at radius 2 is 1.81 bits per heavy atom. The first-order chi connectivity index (χ1) is 17.4. The zero-order chi connectivity index (χ0) is 27.0. The van der Waals surface area contributed by atoms with Crippen LogP contribution in [0.3, 0.4) is 0 Å². The molecule has 2 saturated heterocycles. The number of hydrogen-bond acceptors (Lipinski definition) is 5. The predicted molar refractivity (Wildman–Crippen MR) is 143 cm³/mol. The number of sulfone groups is 1. The maximum atomic E-state index is 14.1. The van der Waals surface area contributed by atoms with Crippen molar-refractivity contribution in [2.45, 2.75) is 56.4 Å². The van der Waals surface area contributed by atoms with Crippen molar-refractivity contribution in [3.8, 4) is 0 Å². The van der Waals surface area contributed by atoms with Crippen LogP contribution in [0.4, 0.5) is 0 Å². The zero-order valence-electron chi connectivity index (χ0n) is 20.8. The Morgan fingerprint density at radius 1 is 1.14 bits per heavy atom. The van der Waals surface area contributed by atoms with Crippen molar-refractivity contribution in [3.63, 3.8) is 0 Å². The summed E-state index contributed by atoms with van der Waals surface area (Å²) >= 11 is 12.5. The van der Waals surface area contributed by atoms with E-state index in [1.165, 1.54) is 0 Å². The number of carboxylic acids is 1. The second-order valence-electron chi connectivity index (χ2n) is 10.4. The van der Waals surface area contributed by atoms with Crippen LogP contribution in [0.2, 0.25) is 10.0 Å². The van der Waals surface area contributed by atoms with Crippen molar-refractivity contribution < 1.29 is 27.9 Å². The van der Waals surface area contributed by atoms with Gasteiger partial charge in [-0.2, -0.15) is 0 Å². The summed E-state index contributed by atoms with van der Waals surface area (Å²) in [4.78, 5) is 27.6. The molecule has 2 heterocycles. The minimum atomic E-state index is -3.37. The van der Waals surface area contributed by atoms with Gasteiger partial charge < -0.3 is 14.7 Å². The number of ether oxygens (including phenoxy) is 1. The smallest absolute Gasteiger partial charge is 0.304 e. The fourth-order valence-corrected chi connectivity index (χ4v) is 7.36. The van der Waals surface area contributed by atoms with Crippen molar-refractivity contribution >= 4 is 44.9 Å². The average Bonchev–Trinajstić information content (AvgIpc) is 2.78. The van der Waals surface area contributed by atoms with Gasteiger partial charge >= 0.3 is 5.97 Å². The van der Waals surface area contributed by atoms with Crippen molar-refractivity contribution in [1.82, 2.24) is 4.90 Å². The van der Waals surface area contributed by atoms with Gasteiger partial charge in [0.15, 0.2) is 9.84 Å². The van der Waals surface area contributed by atoms with E-state index in [9.17, 15) is 23.1 Å². The van der Waals surface area contributed by atoms with Gasteiger partial charge in [0.1, 0.15) is 5.25 Å². The molecular formula is C27H31Cl2NO6S. The van der Waals surface area contributed by atoms with E-state index in [1.807, 2.05) is 37.3 Å². The van der Waals surface area contributed by atoms with Gasteiger partial charge in [-0.1, -0.05) is 54.4 Å². The summed E-state index contributed by atoms with van der Waals surface area (Å²) in [7, 11) is -3.37. The Balaban J connectivity index is 1.78. The minimum absolute atomic E-state index is 0.0865. The quantitative estimate of drug-likeness (QED) is 0.451.